The van der Waals surface area contributed by atoms with E-state index in [2.05, 4.69) is 20.5 Å². The number of hydrogen-bond donors (Lipinski definition) is 2. The van der Waals surface area contributed by atoms with Gasteiger partial charge in [0.1, 0.15) is 5.82 Å². The molecule has 0 bridgehead atoms. The number of hydrogen-bond acceptors (Lipinski definition) is 4. The van der Waals surface area contributed by atoms with Crippen molar-refractivity contribution in [2.45, 2.75) is 26.2 Å². The van der Waals surface area contributed by atoms with Crippen molar-refractivity contribution in [2.24, 2.45) is 11.8 Å². The molecule has 1 aromatic heterocycles. The lowest BCUT2D eigenvalue weighted by Crippen LogP contribution is -2.32. The Labute approximate surface area is 113 Å². The van der Waals surface area contributed by atoms with Crippen molar-refractivity contribution in [3.8, 4) is 0 Å². The molecule has 2 atom stereocenters. The molecule has 2 saturated heterocycles. The highest BCUT2D eigenvalue weighted by atomic mass is 16.2. The van der Waals surface area contributed by atoms with Crippen molar-refractivity contribution in [3.63, 3.8) is 0 Å². The first-order valence-corrected chi connectivity index (χ1v) is 6.88. The van der Waals surface area contributed by atoms with Crippen LogP contribution in [0, 0.1) is 11.8 Å². The molecule has 0 spiro atoms. The highest BCUT2D eigenvalue weighted by Crippen LogP contribution is 2.27. The Morgan fingerprint density at radius 1 is 1.26 bits per heavy atom. The van der Waals surface area contributed by atoms with E-state index in [0.29, 0.717) is 17.7 Å². The highest BCUT2D eigenvalue weighted by molar-refractivity contribution is 5.90. The van der Waals surface area contributed by atoms with E-state index >= 15 is 0 Å². The Bertz CT molecular complexity index is 477. The summed E-state index contributed by atoms with van der Waals surface area (Å²) in [5.74, 6) is 2.23. The number of carbonyl (C=O) groups excluding carboxylic acids is 1. The van der Waals surface area contributed by atoms with Crippen LogP contribution in [-0.2, 0) is 5.41 Å². The average Bonchev–Trinajstić information content (AvgIpc) is 3.01. The Hall–Kier alpha value is -1.43. The molecule has 3 heterocycles. The second-order valence-electron chi connectivity index (χ2n) is 6.65. The third-order valence-electron chi connectivity index (χ3n) is 4.06. The first-order chi connectivity index (χ1) is 8.95. The van der Waals surface area contributed by atoms with Gasteiger partial charge in [-0.15, -0.1) is 5.10 Å². The number of rotatable bonds is 1. The Morgan fingerprint density at radius 3 is 2.42 bits per heavy atom. The monoisotopic (exact) mass is 263 g/mol. The van der Waals surface area contributed by atoms with E-state index in [0.717, 1.165) is 32.0 Å². The fourth-order valence-corrected chi connectivity index (χ4v) is 2.86. The molecule has 6 heteroatoms. The van der Waals surface area contributed by atoms with Crippen molar-refractivity contribution in [2.75, 3.05) is 26.2 Å². The molecule has 6 nitrogen and oxygen atoms in total. The van der Waals surface area contributed by atoms with E-state index in [4.69, 9.17) is 0 Å². The van der Waals surface area contributed by atoms with Crippen molar-refractivity contribution >= 4 is 5.91 Å². The van der Waals surface area contributed by atoms with Gasteiger partial charge in [0, 0.05) is 31.6 Å². The first-order valence-electron chi connectivity index (χ1n) is 6.88. The molecule has 0 unspecified atom stereocenters. The Balaban J connectivity index is 1.73. The molecule has 2 aliphatic rings. The van der Waals surface area contributed by atoms with Crippen LogP contribution in [0.1, 0.15) is 37.2 Å². The Kier molecular flexibility index (Phi) is 2.85. The predicted octanol–water partition coefficient (Wildman–Crippen LogP) is 0.394. The maximum Gasteiger partial charge on any atom is 0.293 e. The zero-order valence-corrected chi connectivity index (χ0v) is 11.7. The molecule has 19 heavy (non-hydrogen) atoms. The number of nitrogens with zero attached hydrogens (tertiary/aromatic N) is 3. The number of likely N-dealkylation sites (tertiary alicyclic amines) is 1. The standard InChI is InChI=1S/C13H21N5O/c1-13(2,3)12-15-10(16-17-12)11(19)18-6-8-4-14-5-9(8)7-18/h8-9,14H,4-7H2,1-3H3,(H,15,16,17)/t8-,9+. The largest absolute Gasteiger partial charge is 0.335 e. The quantitative estimate of drug-likeness (QED) is 0.769. The molecule has 104 valence electrons. The van der Waals surface area contributed by atoms with Crippen LogP contribution in [0.2, 0.25) is 0 Å². The molecule has 2 N–H and O–H groups in total. The van der Waals surface area contributed by atoms with Crippen LogP contribution >= 0.6 is 0 Å². The van der Waals surface area contributed by atoms with Crippen LogP contribution in [0.5, 0.6) is 0 Å². The van der Waals surface area contributed by atoms with Crippen molar-refractivity contribution < 1.29 is 4.79 Å². The summed E-state index contributed by atoms with van der Waals surface area (Å²) in [6, 6.07) is 0. The molecule has 2 aliphatic heterocycles. The van der Waals surface area contributed by atoms with Crippen LogP contribution in [-0.4, -0.2) is 52.2 Å². The van der Waals surface area contributed by atoms with Crippen molar-refractivity contribution in [1.29, 1.82) is 0 Å². The normalized spacial score (nSPS) is 26.8. The molecule has 1 aromatic rings. The van der Waals surface area contributed by atoms with E-state index in [1.54, 1.807) is 0 Å². The highest BCUT2D eigenvalue weighted by Gasteiger charge is 2.39. The summed E-state index contributed by atoms with van der Waals surface area (Å²) in [6.07, 6.45) is 0. The van der Waals surface area contributed by atoms with Gasteiger partial charge in [-0.3, -0.25) is 9.89 Å². The molecule has 0 saturated carbocycles. The summed E-state index contributed by atoms with van der Waals surface area (Å²) >= 11 is 0. The molecule has 0 radical (unpaired) electrons. The fourth-order valence-electron chi connectivity index (χ4n) is 2.86. The van der Waals surface area contributed by atoms with E-state index in [1.807, 2.05) is 25.7 Å². The molecule has 0 aromatic carbocycles. The minimum absolute atomic E-state index is 0.0406. The summed E-state index contributed by atoms with van der Waals surface area (Å²) in [5, 5.41) is 10.3. The number of aromatic amines is 1. The van der Waals surface area contributed by atoms with Gasteiger partial charge in [-0.2, -0.15) is 0 Å². The lowest BCUT2D eigenvalue weighted by molar-refractivity contribution is 0.0770. The van der Waals surface area contributed by atoms with E-state index < -0.39 is 0 Å². The number of amides is 1. The van der Waals surface area contributed by atoms with Gasteiger partial charge in [-0.05, 0) is 11.8 Å². The van der Waals surface area contributed by atoms with Crippen LogP contribution < -0.4 is 5.32 Å². The van der Waals surface area contributed by atoms with Crippen molar-refractivity contribution in [1.82, 2.24) is 25.4 Å². The van der Waals surface area contributed by atoms with E-state index in [9.17, 15) is 4.79 Å². The Morgan fingerprint density at radius 2 is 1.89 bits per heavy atom. The van der Waals surface area contributed by atoms with Gasteiger partial charge >= 0.3 is 0 Å². The zero-order valence-electron chi connectivity index (χ0n) is 11.7. The third kappa shape index (κ3) is 2.25. The van der Waals surface area contributed by atoms with Gasteiger partial charge in [0.25, 0.3) is 5.91 Å². The van der Waals surface area contributed by atoms with Gasteiger partial charge in [-0.1, -0.05) is 20.8 Å². The minimum atomic E-state index is -0.114. The molecule has 2 fully saturated rings. The van der Waals surface area contributed by atoms with Crippen molar-refractivity contribution in [3.05, 3.63) is 11.6 Å². The van der Waals surface area contributed by atoms with Crippen LogP contribution in [0.3, 0.4) is 0 Å². The first kappa shape index (κ1) is 12.6. The lowest BCUT2D eigenvalue weighted by Gasteiger charge is -2.15. The van der Waals surface area contributed by atoms with Gasteiger partial charge in [0.15, 0.2) is 0 Å². The smallest absolute Gasteiger partial charge is 0.293 e. The zero-order chi connectivity index (χ0) is 13.6. The SMILES string of the molecule is CC(C)(C)c1nc(C(=O)N2C[C@H]3CNC[C@H]3C2)n[nH]1. The number of nitrogens with one attached hydrogen (secondary N) is 2. The average molecular weight is 263 g/mol. The van der Waals surface area contributed by atoms with E-state index in [1.165, 1.54) is 0 Å². The van der Waals surface area contributed by atoms with Gasteiger partial charge in [0.05, 0.1) is 0 Å². The predicted molar refractivity (Wildman–Crippen MR) is 70.8 cm³/mol. The summed E-state index contributed by atoms with van der Waals surface area (Å²) in [4.78, 5) is 18.6. The second-order valence-corrected chi connectivity index (χ2v) is 6.65. The van der Waals surface area contributed by atoms with Gasteiger partial charge in [-0.25, -0.2) is 4.98 Å². The molecule has 0 aliphatic carbocycles. The lowest BCUT2D eigenvalue weighted by atomic mass is 9.96. The van der Waals surface area contributed by atoms with Crippen LogP contribution in [0.15, 0.2) is 0 Å². The van der Waals surface area contributed by atoms with E-state index in [-0.39, 0.29) is 11.3 Å². The molecule has 3 rings (SSSR count). The number of aromatic nitrogens is 3. The number of H-pyrrole nitrogens is 1. The van der Waals surface area contributed by atoms with Gasteiger partial charge < -0.3 is 10.2 Å². The van der Waals surface area contributed by atoms with Crippen LogP contribution in [0.4, 0.5) is 0 Å². The summed E-state index contributed by atoms with van der Waals surface area (Å²) in [7, 11) is 0. The maximum atomic E-state index is 12.4. The third-order valence-corrected chi connectivity index (χ3v) is 4.06. The molecular weight excluding hydrogens is 242 g/mol. The minimum Gasteiger partial charge on any atom is -0.335 e. The maximum absolute atomic E-state index is 12.4. The number of fused-ring (bicyclic) bond motifs is 1. The molecule has 1 amide bonds. The summed E-state index contributed by atoms with van der Waals surface area (Å²) in [6.45, 7) is 9.85. The van der Waals surface area contributed by atoms with Crippen LogP contribution in [0.25, 0.3) is 0 Å². The summed E-state index contributed by atoms with van der Waals surface area (Å²) in [5.41, 5.74) is -0.114. The van der Waals surface area contributed by atoms with Gasteiger partial charge in [0.2, 0.25) is 5.82 Å². The second kappa shape index (κ2) is 4.30. The topological polar surface area (TPSA) is 73.9 Å². The summed E-state index contributed by atoms with van der Waals surface area (Å²) < 4.78 is 0. The molecular formula is C13H21N5O. The fraction of sp³-hybridized carbons (Fsp3) is 0.769. The number of carbonyl (C=O) groups is 1.